The molecule has 0 aliphatic carbocycles. The molecule has 0 saturated carbocycles. The summed E-state index contributed by atoms with van der Waals surface area (Å²) in [4.78, 5) is 20.3. The molecule has 13 heavy (non-hydrogen) atoms. The van der Waals surface area contributed by atoms with Crippen LogP contribution in [0.4, 0.5) is 0 Å². The van der Waals surface area contributed by atoms with E-state index in [2.05, 4.69) is 5.32 Å². The molecule has 76 valence electrons. The molecule has 0 saturated heterocycles. The fourth-order valence-electron chi connectivity index (χ4n) is 0.730. The smallest absolute Gasteiger partial charge is 0.326 e. The molecule has 4 nitrogen and oxygen atoms in total. The van der Waals surface area contributed by atoms with Crippen LogP contribution in [0.5, 0.6) is 0 Å². The van der Waals surface area contributed by atoms with E-state index in [1.807, 2.05) is 0 Å². The number of hydrogen-bond donors (Lipinski definition) is 2. The largest absolute Gasteiger partial charge is 0.480 e. The normalized spacial score (nSPS) is 13.1. The number of carboxylic acids is 1. The lowest BCUT2D eigenvalue weighted by molar-refractivity contribution is -0.142. The molecule has 0 radical (unpaired) electrons. The summed E-state index contributed by atoms with van der Waals surface area (Å²) in [6.07, 6.45) is 0. The zero-order valence-corrected chi connectivity index (χ0v) is 8.76. The van der Waals surface area contributed by atoms with Gasteiger partial charge in [-0.25, -0.2) is 4.79 Å². The first-order chi connectivity index (χ1) is 5.86. The molecule has 0 aliphatic heterocycles. The maximum atomic E-state index is 10.9. The number of carboxylic acid groups (broad SMARTS) is 1. The number of aliphatic carboxylic acids is 1. The van der Waals surface area contributed by atoms with Crippen molar-refractivity contribution in [2.24, 2.45) is 5.92 Å². The highest BCUT2D eigenvalue weighted by atomic mass is 35.5. The number of nitrogens with one attached hydrogen (secondary N) is 1. The van der Waals surface area contributed by atoms with E-state index in [0.717, 1.165) is 0 Å². The lowest BCUT2D eigenvalue weighted by atomic mass is 10.1. The second-order valence-electron chi connectivity index (χ2n) is 2.87. The number of halogens is 2. The van der Waals surface area contributed by atoms with Crippen molar-refractivity contribution in [2.45, 2.75) is 24.7 Å². The standard InChI is InChI=1S/C7H11Cl2NO3/c1-3(2)4(7(12)13)10-6(11)5(8)9/h3-5H,1-2H3,(H,10,11)(H,12,13). The highest BCUT2D eigenvalue weighted by Gasteiger charge is 2.25. The number of amides is 1. The van der Waals surface area contributed by atoms with E-state index in [-0.39, 0.29) is 5.92 Å². The van der Waals surface area contributed by atoms with Crippen LogP contribution in [0.1, 0.15) is 13.8 Å². The van der Waals surface area contributed by atoms with Crippen molar-refractivity contribution in [2.75, 3.05) is 0 Å². The van der Waals surface area contributed by atoms with Gasteiger partial charge >= 0.3 is 5.97 Å². The van der Waals surface area contributed by atoms with Crippen molar-refractivity contribution < 1.29 is 14.7 Å². The third-order valence-corrected chi connectivity index (χ3v) is 1.83. The predicted octanol–water partition coefficient (Wildman–Crippen LogP) is 1.02. The monoisotopic (exact) mass is 227 g/mol. The van der Waals surface area contributed by atoms with Gasteiger partial charge in [-0.05, 0) is 5.92 Å². The fourth-order valence-corrected chi connectivity index (χ4v) is 0.856. The van der Waals surface area contributed by atoms with Crippen LogP contribution in [0, 0.1) is 5.92 Å². The van der Waals surface area contributed by atoms with E-state index < -0.39 is 22.8 Å². The molecule has 0 fully saturated rings. The summed E-state index contributed by atoms with van der Waals surface area (Å²) in [6.45, 7) is 3.35. The van der Waals surface area contributed by atoms with Gasteiger partial charge in [-0.2, -0.15) is 0 Å². The molecule has 1 atom stereocenters. The quantitative estimate of drug-likeness (QED) is 0.706. The van der Waals surface area contributed by atoms with Crippen LogP contribution in [0.2, 0.25) is 0 Å². The van der Waals surface area contributed by atoms with Crippen molar-refractivity contribution in [3.63, 3.8) is 0 Å². The van der Waals surface area contributed by atoms with E-state index in [9.17, 15) is 9.59 Å². The molecule has 0 heterocycles. The van der Waals surface area contributed by atoms with Gasteiger partial charge in [-0.1, -0.05) is 37.0 Å². The zero-order chi connectivity index (χ0) is 10.6. The topological polar surface area (TPSA) is 66.4 Å². The molecule has 1 amide bonds. The van der Waals surface area contributed by atoms with Gasteiger partial charge in [0, 0.05) is 0 Å². The Hall–Kier alpha value is -0.480. The minimum atomic E-state index is -1.24. The third-order valence-electron chi connectivity index (χ3n) is 1.43. The van der Waals surface area contributed by atoms with Gasteiger partial charge in [-0.15, -0.1) is 0 Å². The average molecular weight is 228 g/mol. The highest BCUT2D eigenvalue weighted by Crippen LogP contribution is 2.06. The van der Waals surface area contributed by atoms with Crippen LogP contribution >= 0.6 is 23.2 Å². The summed E-state index contributed by atoms with van der Waals surface area (Å²) in [5.74, 6) is -2.00. The molecule has 2 N–H and O–H groups in total. The molecule has 0 bridgehead atoms. The van der Waals surface area contributed by atoms with Crippen LogP contribution in [-0.4, -0.2) is 27.9 Å². The van der Waals surface area contributed by atoms with Crippen molar-refractivity contribution in [1.82, 2.24) is 5.32 Å². The molecule has 6 heteroatoms. The molecular weight excluding hydrogens is 217 g/mol. The van der Waals surface area contributed by atoms with Gasteiger partial charge in [0.15, 0.2) is 4.84 Å². The Kier molecular flexibility index (Phi) is 5.10. The minimum absolute atomic E-state index is 0.214. The molecule has 0 aromatic rings. The summed E-state index contributed by atoms with van der Waals surface area (Å²) >= 11 is 10.5. The van der Waals surface area contributed by atoms with E-state index >= 15 is 0 Å². The van der Waals surface area contributed by atoms with E-state index in [1.165, 1.54) is 0 Å². The first-order valence-corrected chi connectivity index (χ1v) is 4.55. The summed E-state index contributed by atoms with van der Waals surface area (Å²) in [7, 11) is 0. The van der Waals surface area contributed by atoms with Crippen molar-refractivity contribution in [3.05, 3.63) is 0 Å². The van der Waals surface area contributed by atoms with Crippen molar-refractivity contribution in [1.29, 1.82) is 0 Å². The highest BCUT2D eigenvalue weighted by molar-refractivity contribution is 6.53. The Balaban J connectivity index is 4.27. The van der Waals surface area contributed by atoms with Crippen LogP contribution in [0.25, 0.3) is 0 Å². The van der Waals surface area contributed by atoms with E-state index in [0.29, 0.717) is 0 Å². The number of hydrogen-bond acceptors (Lipinski definition) is 2. The molecule has 0 aliphatic rings. The molecule has 0 aromatic heterocycles. The van der Waals surface area contributed by atoms with Gasteiger partial charge in [0.05, 0.1) is 0 Å². The van der Waals surface area contributed by atoms with Crippen molar-refractivity contribution in [3.8, 4) is 0 Å². The first kappa shape index (κ1) is 12.5. The number of carbonyl (C=O) groups excluding carboxylic acids is 1. The number of carbonyl (C=O) groups is 2. The van der Waals surface area contributed by atoms with Gasteiger partial charge in [0.2, 0.25) is 0 Å². The lowest BCUT2D eigenvalue weighted by Crippen LogP contribution is -2.46. The van der Waals surface area contributed by atoms with Crippen LogP contribution in [0.15, 0.2) is 0 Å². The van der Waals surface area contributed by atoms with Gasteiger partial charge in [0.25, 0.3) is 5.91 Å². The summed E-state index contributed by atoms with van der Waals surface area (Å²) in [6, 6.07) is -0.951. The third kappa shape index (κ3) is 4.33. The molecule has 0 spiro atoms. The second-order valence-corrected chi connectivity index (χ2v) is 3.97. The van der Waals surface area contributed by atoms with Gasteiger partial charge in [0.1, 0.15) is 6.04 Å². The average Bonchev–Trinajstić information content (AvgIpc) is 1.97. The zero-order valence-electron chi connectivity index (χ0n) is 7.25. The molecular formula is C7H11Cl2NO3. The lowest BCUT2D eigenvalue weighted by Gasteiger charge is -2.17. The first-order valence-electron chi connectivity index (χ1n) is 3.67. The Labute approximate surface area is 86.2 Å². The van der Waals surface area contributed by atoms with Crippen LogP contribution in [-0.2, 0) is 9.59 Å². The summed E-state index contributed by atoms with van der Waals surface area (Å²) < 4.78 is 0. The Morgan fingerprint density at radius 3 is 2.00 bits per heavy atom. The van der Waals surface area contributed by atoms with E-state index in [4.69, 9.17) is 28.3 Å². The minimum Gasteiger partial charge on any atom is -0.480 e. The Morgan fingerprint density at radius 2 is 1.77 bits per heavy atom. The van der Waals surface area contributed by atoms with Crippen LogP contribution < -0.4 is 5.32 Å². The molecule has 1 unspecified atom stereocenters. The number of rotatable bonds is 4. The van der Waals surface area contributed by atoms with Crippen molar-refractivity contribution >= 4 is 35.1 Å². The second kappa shape index (κ2) is 5.29. The van der Waals surface area contributed by atoms with Crippen LogP contribution in [0.3, 0.4) is 0 Å². The SMILES string of the molecule is CC(C)C(NC(=O)C(Cl)Cl)C(=O)O. The Morgan fingerprint density at radius 1 is 1.31 bits per heavy atom. The molecule has 0 aromatic carbocycles. The maximum absolute atomic E-state index is 10.9. The summed E-state index contributed by atoms with van der Waals surface area (Å²) in [5, 5.41) is 10.9. The fraction of sp³-hybridized carbons (Fsp3) is 0.714. The number of alkyl halides is 2. The predicted molar refractivity (Wildman–Crippen MR) is 49.9 cm³/mol. The summed E-state index contributed by atoms with van der Waals surface area (Å²) in [5.41, 5.74) is 0. The van der Waals surface area contributed by atoms with E-state index in [1.54, 1.807) is 13.8 Å². The molecule has 0 rings (SSSR count). The van der Waals surface area contributed by atoms with Gasteiger partial charge < -0.3 is 10.4 Å². The Bertz CT molecular complexity index is 206. The maximum Gasteiger partial charge on any atom is 0.326 e. The van der Waals surface area contributed by atoms with Gasteiger partial charge in [-0.3, -0.25) is 4.79 Å².